The normalized spacial score (nSPS) is 12.7. The average molecular weight is 1200 g/mol. The van der Waals surface area contributed by atoms with Crippen LogP contribution in [0.15, 0.2) is 0 Å². The maximum absolute atomic E-state index is 14.6. The summed E-state index contributed by atoms with van der Waals surface area (Å²) in [6, 6.07) is -1.19. The zero-order valence-corrected chi connectivity index (χ0v) is 54.6. The van der Waals surface area contributed by atoms with Gasteiger partial charge >= 0.3 is 41.8 Å². The second kappa shape index (κ2) is 56.5. The Bertz CT molecular complexity index is 1610. The van der Waals surface area contributed by atoms with E-state index in [2.05, 4.69) is 34.6 Å². The van der Waals surface area contributed by atoms with Gasteiger partial charge in [-0.05, 0) is 78.4 Å². The van der Waals surface area contributed by atoms with Gasteiger partial charge in [-0.25, -0.2) is 9.59 Å². The highest BCUT2D eigenvalue weighted by Crippen LogP contribution is 2.19. The summed E-state index contributed by atoms with van der Waals surface area (Å²) in [6.07, 6.45) is 27.4. The SMILES string of the molecule is CCCCCCCCCCOC(=O)CC(OC(=O)CCCCCCC)C(=O)OCC(COC(=O)C(CC(=O)OCCCCCCCCCC)OC(=O)CCCCCCC)N(CCCCN(C)C)C(=O)CCC(=O)OC(CCC)CCCCCC. The molecule has 0 saturated carbocycles. The van der Waals surface area contributed by atoms with Crippen molar-refractivity contribution in [3.05, 3.63) is 0 Å². The predicted octanol–water partition coefficient (Wildman–Crippen LogP) is 14.8. The number of amides is 1. The van der Waals surface area contributed by atoms with E-state index in [1.165, 1.54) is 43.4 Å². The number of nitrogens with zero attached hydrogens (tertiary/aromatic N) is 2. The summed E-state index contributed by atoms with van der Waals surface area (Å²) in [5.74, 6) is -6.01. The second-order valence-corrected chi connectivity index (χ2v) is 23.3. The highest BCUT2D eigenvalue weighted by molar-refractivity contribution is 5.86. The number of hydrogen-bond donors (Lipinski definition) is 0. The molecule has 0 bridgehead atoms. The van der Waals surface area contributed by atoms with Gasteiger partial charge in [-0.3, -0.25) is 28.8 Å². The third-order valence-electron chi connectivity index (χ3n) is 15.0. The first-order valence-electron chi connectivity index (χ1n) is 33.8. The van der Waals surface area contributed by atoms with Crippen LogP contribution in [0.4, 0.5) is 0 Å². The minimum absolute atomic E-state index is 0.0203. The summed E-state index contributed by atoms with van der Waals surface area (Å²) >= 11 is 0. The third-order valence-corrected chi connectivity index (χ3v) is 15.0. The van der Waals surface area contributed by atoms with Crippen LogP contribution in [0.1, 0.15) is 305 Å². The molecule has 0 aromatic rings. The van der Waals surface area contributed by atoms with Crippen molar-refractivity contribution in [3.63, 3.8) is 0 Å². The Balaban J connectivity index is 6.95. The fraction of sp³-hybridized carbons (Fsp3) is 0.881. The van der Waals surface area contributed by atoms with Crippen molar-refractivity contribution in [3.8, 4) is 0 Å². The van der Waals surface area contributed by atoms with Crippen LogP contribution in [0.5, 0.6) is 0 Å². The summed E-state index contributed by atoms with van der Waals surface area (Å²) in [4.78, 5) is 113. The molecule has 0 aliphatic heterocycles. The van der Waals surface area contributed by atoms with Gasteiger partial charge in [-0.2, -0.15) is 0 Å². The molecule has 17 heteroatoms. The molecular weight excluding hydrogens is 1070 g/mol. The molecule has 17 nitrogen and oxygen atoms in total. The maximum Gasteiger partial charge on any atom is 0.348 e. The molecule has 0 saturated heterocycles. The molecule has 0 aromatic carbocycles. The van der Waals surface area contributed by atoms with Crippen LogP contribution in [0, 0.1) is 0 Å². The molecular formula is C67H122N2O15. The van der Waals surface area contributed by atoms with E-state index >= 15 is 0 Å². The Hall–Kier alpha value is -4.28. The first-order valence-corrected chi connectivity index (χ1v) is 33.8. The lowest BCUT2D eigenvalue weighted by molar-refractivity contribution is -0.176. The van der Waals surface area contributed by atoms with Crippen molar-refractivity contribution in [2.45, 2.75) is 329 Å². The van der Waals surface area contributed by atoms with E-state index in [9.17, 15) is 38.4 Å². The lowest BCUT2D eigenvalue weighted by Gasteiger charge is -2.32. The van der Waals surface area contributed by atoms with Crippen LogP contribution in [0.25, 0.3) is 0 Å². The zero-order valence-electron chi connectivity index (χ0n) is 54.6. The topological polar surface area (TPSA) is 208 Å². The lowest BCUT2D eigenvalue weighted by atomic mass is 10.1. The maximum atomic E-state index is 14.6. The predicted molar refractivity (Wildman–Crippen MR) is 331 cm³/mol. The summed E-state index contributed by atoms with van der Waals surface area (Å²) in [6.45, 7) is 12.6. The fourth-order valence-electron chi connectivity index (χ4n) is 9.76. The zero-order chi connectivity index (χ0) is 62.3. The highest BCUT2D eigenvalue weighted by Gasteiger charge is 2.34. The van der Waals surface area contributed by atoms with Gasteiger partial charge in [0.25, 0.3) is 0 Å². The summed E-state index contributed by atoms with van der Waals surface area (Å²) in [7, 11) is 3.85. The molecule has 84 heavy (non-hydrogen) atoms. The smallest absolute Gasteiger partial charge is 0.348 e. The molecule has 0 aliphatic carbocycles. The Kier molecular flexibility index (Phi) is 53.6. The molecule has 490 valence electrons. The number of carbonyl (C=O) groups excluding carboxylic acids is 8. The van der Waals surface area contributed by atoms with E-state index in [1.54, 1.807) is 0 Å². The standard InChI is InChI=1S/C67H122N2O15/c1-9-15-20-25-27-29-33-40-50-78-64(74)52-58(83-61(71)44-36-31-22-17-11-3)66(76)80-54-56(69(49-39-38-48-68(7)8)60(70)46-47-63(73)82-57(42-14-6)43-35-24-19-13-5)55-81-67(77)59(84-62(72)45-37-32-23-18-12-4)53-65(75)79-51-41-34-30-28-26-21-16-10-2/h56-59H,9-55H2,1-8H3. The van der Waals surface area contributed by atoms with Gasteiger partial charge in [0.1, 0.15) is 19.3 Å². The molecule has 0 radical (unpaired) electrons. The third kappa shape index (κ3) is 46.9. The van der Waals surface area contributed by atoms with E-state index < -0.39 is 92.0 Å². The Morgan fingerprint density at radius 2 is 0.702 bits per heavy atom. The monoisotopic (exact) mass is 1190 g/mol. The fourth-order valence-corrected chi connectivity index (χ4v) is 9.76. The van der Waals surface area contributed by atoms with E-state index in [0.717, 1.165) is 141 Å². The van der Waals surface area contributed by atoms with Gasteiger partial charge in [0.2, 0.25) is 18.1 Å². The van der Waals surface area contributed by atoms with Crippen molar-refractivity contribution in [2.24, 2.45) is 0 Å². The molecule has 0 heterocycles. The van der Waals surface area contributed by atoms with Crippen molar-refractivity contribution in [2.75, 3.05) is 53.6 Å². The Morgan fingerprint density at radius 3 is 1.11 bits per heavy atom. The van der Waals surface area contributed by atoms with Crippen LogP contribution in [-0.2, 0) is 71.5 Å². The highest BCUT2D eigenvalue weighted by atomic mass is 16.6. The van der Waals surface area contributed by atoms with Crippen LogP contribution in [-0.4, -0.2) is 135 Å². The number of ether oxygens (including phenoxy) is 7. The molecule has 0 aromatic heterocycles. The van der Waals surface area contributed by atoms with Gasteiger partial charge in [-0.15, -0.1) is 0 Å². The quantitative estimate of drug-likeness (QED) is 0.0315. The molecule has 0 aliphatic rings. The molecule has 0 rings (SSSR count). The molecule has 0 N–H and O–H groups in total. The van der Waals surface area contributed by atoms with Gasteiger partial charge in [-0.1, -0.05) is 208 Å². The summed E-state index contributed by atoms with van der Waals surface area (Å²) in [5.41, 5.74) is 0. The summed E-state index contributed by atoms with van der Waals surface area (Å²) < 4.78 is 40.0. The lowest BCUT2D eigenvalue weighted by Crippen LogP contribution is -2.48. The minimum atomic E-state index is -1.68. The van der Waals surface area contributed by atoms with Crippen molar-refractivity contribution in [1.82, 2.24) is 9.80 Å². The van der Waals surface area contributed by atoms with Gasteiger partial charge in [0.05, 0.1) is 38.5 Å². The molecule has 3 atom stereocenters. The number of esters is 7. The van der Waals surface area contributed by atoms with Crippen LogP contribution >= 0.6 is 0 Å². The van der Waals surface area contributed by atoms with Gasteiger partial charge in [0, 0.05) is 25.8 Å². The van der Waals surface area contributed by atoms with E-state index in [-0.39, 0.29) is 51.5 Å². The largest absolute Gasteiger partial charge is 0.466 e. The number of hydrogen-bond acceptors (Lipinski definition) is 16. The van der Waals surface area contributed by atoms with Crippen LogP contribution in [0.3, 0.4) is 0 Å². The molecule has 0 fully saturated rings. The van der Waals surface area contributed by atoms with Gasteiger partial charge < -0.3 is 43.0 Å². The summed E-state index contributed by atoms with van der Waals surface area (Å²) in [5, 5.41) is 0. The minimum Gasteiger partial charge on any atom is -0.466 e. The van der Waals surface area contributed by atoms with E-state index in [1.807, 2.05) is 25.9 Å². The van der Waals surface area contributed by atoms with Crippen LogP contribution in [0.2, 0.25) is 0 Å². The van der Waals surface area contributed by atoms with Crippen molar-refractivity contribution in [1.29, 1.82) is 0 Å². The van der Waals surface area contributed by atoms with E-state index in [0.29, 0.717) is 51.5 Å². The first-order chi connectivity index (χ1) is 40.6. The van der Waals surface area contributed by atoms with Crippen LogP contribution < -0.4 is 0 Å². The van der Waals surface area contributed by atoms with Gasteiger partial charge in [0.15, 0.2) is 0 Å². The number of carbonyl (C=O) groups is 8. The second-order valence-electron chi connectivity index (χ2n) is 23.3. The molecule has 0 spiro atoms. The first kappa shape index (κ1) is 79.7. The van der Waals surface area contributed by atoms with Crippen molar-refractivity contribution < 1.29 is 71.5 Å². The Labute approximate surface area is 509 Å². The average Bonchev–Trinajstić information content (AvgIpc) is 3.68. The molecule has 1 amide bonds. The van der Waals surface area contributed by atoms with E-state index in [4.69, 9.17) is 33.2 Å². The Morgan fingerprint density at radius 1 is 0.333 bits per heavy atom. The number of unbranched alkanes of at least 4 members (excludes halogenated alkanes) is 26. The van der Waals surface area contributed by atoms with Crippen molar-refractivity contribution >= 4 is 47.7 Å². The number of rotatable bonds is 59. The molecule has 3 unspecified atom stereocenters.